The lowest BCUT2D eigenvalue weighted by Crippen LogP contribution is -2.36. The van der Waals surface area contributed by atoms with E-state index >= 15 is 0 Å². The molecule has 154 valence electrons. The van der Waals surface area contributed by atoms with Crippen molar-refractivity contribution in [1.29, 1.82) is 0 Å². The van der Waals surface area contributed by atoms with E-state index in [2.05, 4.69) is 10.3 Å². The fourth-order valence-corrected chi connectivity index (χ4v) is 4.49. The molecule has 2 aromatic carbocycles. The van der Waals surface area contributed by atoms with Gasteiger partial charge in [0.15, 0.2) is 0 Å². The van der Waals surface area contributed by atoms with Crippen LogP contribution in [0.4, 0.5) is 5.69 Å². The number of rotatable bonds is 4. The van der Waals surface area contributed by atoms with Gasteiger partial charge in [-0.15, -0.1) is 11.3 Å². The van der Waals surface area contributed by atoms with Crippen molar-refractivity contribution < 1.29 is 9.59 Å². The van der Waals surface area contributed by atoms with Gasteiger partial charge >= 0.3 is 0 Å². The Balaban J connectivity index is 1.54. The topological polar surface area (TPSA) is 62.3 Å². The van der Waals surface area contributed by atoms with Gasteiger partial charge in [0.2, 0.25) is 0 Å². The summed E-state index contributed by atoms with van der Waals surface area (Å²) in [6.45, 7) is 3.44. The Morgan fingerprint density at radius 3 is 2.47 bits per heavy atom. The lowest BCUT2D eigenvalue weighted by Gasteiger charge is -2.27. The van der Waals surface area contributed by atoms with E-state index in [4.69, 9.17) is 11.6 Å². The monoisotopic (exact) mass is 439 g/mol. The van der Waals surface area contributed by atoms with Crippen molar-refractivity contribution in [2.75, 3.05) is 18.4 Å². The predicted molar refractivity (Wildman–Crippen MR) is 121 cm³/mol. The Morgan fingerprint density at radius 1 is 1.07 bits per heavy atom. The van der Waals surface area contributed by atoms with Crippen LogP contribution >= 0.6 is 22.9 Å². The van der Waals surface area contributed by atoms with Crippen LogP contribution in [0.1, 0.15) is 45.7 Å². The lowest BCUT2D eigenvalue weighted by molar-refractivity contribution is 0.0725. The second-order valence-corrected chi connectivity index (χ2v) is 8.66. The summed E-state index contributed by atoms with van der Waals surface area (Å²) in [6, 6.07) is 12.3. The molecule has 0 bridgehead atoms. The number of piperidine rings is 1. The zero-order valence-electron chi connectivity index (χ0n) is 16.7. The van der Waals surface area contributed by atoms with Crippen LogP contribution in [0.25, 0.3) is 10.6 Å². The molecule has 1 saturated heterocycles. The van der Waals surface area contributed by atoms with Gasteiger partial charge in [-0.1, -0.05) is 23.7 Å². The van der Waals surface area contributed by atoms with Crippen LogP contribution in [0.15, 0.2) is 47.8 Å². The first kappa shape index (κ1) is 20.6. The van der Waals surface area contributed by atoms with Gasteiger partial charge < -0.3 is 10.2 Å². The third-order valence-electron chi connectivity index (χ3n) is 5.12. The highest BCUT2D eigenvalue weighted by molar-refractivity contribution is 7.13. The number of carbonyl (C=O) groups excluding carboxylic acids is 2. The summed E-state index contributed by atoms with van der Waals surface area (Å²) in [7, 11) is 0. The number of aromatic nitrogens is 1. The van der Waals surface area contributed by atoms with Crippen molar-refractivity contribution >= 4 is 40.4 Å². The molecule has 1 N–H and O–H groups in total. The van der Waals surface area contributed by atoms with E-state index in [1.54, 1.807) is 41.7 Å². The Hall–Kier alpha value is -2.70. The van der Waals surface area contributed by atoms with Crippen molar-refractivity contribution in [2.24, 2.45) is 0 Å². The highest BCUT2D eigenvalue weighted by atomic mass is 35.5. The van der Waals surface area contributed by atoms with Gasteiger partial charge in [0.25, 0.3) is 11.8 Å². The maximum absolute atomic E-state index is 13.0. The molecule has 0 radical (unpaired) electrons. The minimum Gasteiger partial charge on any atom is -0.339 e. The molecule has 2 amide bonds. The lowest BCUT2D eigenvalue weighted by atomic mass is 10.1. The molecule has 1 aliphatic heterocycles. The third kappa shape index (κ3) is 4.55. The van der Waals surface area contributed by atoms with E-state index < -0.39 is 0 Å². The first-order chi connectivity index (χ1) is 14.5. The molecular formula is C23H22ClN3O2S. The Bertz CT molecular complexity index is 1070. The molecule has 0 atom stereocenters. The van der Waals surface area contributed by atoms with Crippen LogP contribution in [0, 0.1) is 6.92 Å². The van der Waals surface area contributed by atoms with Crippen molar-refractivity contribution in [3.63, 3.8) is 0 Å². The largest absolute Gasteiger partial charge is 0.339 e. The fraction of sp³-hybridized carbons (Fsp3) is 0.261. The number of hydrogen-bond donors (Lipinski definition) is 1. The molecule has 0 saturated carbocycles. The molecular weight excluding hydrogens is 418 g/mol. The number of nitrogens with one attached hydrogen (secondary N) is 1. The van der Waals surface area contributed by atoms with Gasteiger partial charge in [0.1, 0.15) is 5.01 Å². The number of benzene rings is 2. The van der Waals surface area contributed by atoms with Crippen LogP contribution in [0.3, 0.4) is 0 Å². The Morgan fingerprint density at radius 2 is 1.80 bits per heavy atom. The van der Waals surface area contributed by atoms with Gasteiger partial charge in [0, 0.05) is 40.3 Å². The van der Waals surface area contributed by atoms with E-state index in [-0.39, 0.29) is 11.8 Å². The summed E-state index contributed by atoms with van der Waals surface area (Å²) in [5, 5.41) is 6.25. The molecule has 3 aromatic rings. The molecule has 5 nitrogen and oxygen atoms in total. The van der Waals surface area contributed by atoms with Crippen molar-refractivity contribution in [3.05, 3.63) is 69.7 Å². The zero-order chi connectivity index (χ0) is 21.1. The summed E-state index contributed by atoms with van der Waals surface area (Å²) in [6.07, 6.45) is 3.16. The summed E-state index contributed by atoms with van der Waals surface area (Å²) in [4.78, 5) is 32.1. The summed E-state index contributed by atoms with van der Waals surface area (Å²) in [5.74, 6) is -0.358. The first-order valence-electron chi connectivity index (χ1n) is 9.94. The van der Waals surface area contributed by atoms with E-state index in [9.17, 15) is 9.59 Å². The van der Waals surface area contributed by atoms with Gasteiger partial charge in [-0.25, -0.2) is 4.98 Å². The standard InChI is InChI=1S/C23H22ClN3O2S/c1-15-14-30-22(25-15)17-7-5-16(6-8-17)21(28)26-20-13-18(24)9-10-19(20)23(29)27-11-3-2-4-12-27/h5-10,13-14H,2-4,11-12H2,1H3,(H,26,28). The maximum atomic E-state index is 13.0. The van der Waals surface area contributed by atoms with E-state index in [0.717, 1.165) is 48.6 Å². The molecule has 4 rings (SSSR count). The highest BCUT2D eigenvalue weighted by Crippen LogP contribution is 2.26. The molecule has 1 aliphatic rings. The van der Waals surface area contributed by atoms with Crippen LogP contribution in [-0.2, 0) is 0 Å². The van der Waals surface area contributed by atoms with E-state index in [1.165, 1.54) is 0 Å². The smallest absolute Gasteiger partial charge is 0.255 e. The van der Waals surface area contributed by atoms with Crippen molar-refractivity contribution in [1.82, 2.24) is 9.88 Å². The zero-order valence-corrected chi connectivity index (χ0v) is 18.2. The predicted octanol–water partition coefficient (Wildman–Crippen LogP) is 5.65. The number of halogens is 1. The van der Waals surface area contributed by atoms with E-state index in [0.29, 0.717) is 21.8 Å². The number of likely N-dealkylation sites (tertiary alicyclic amines) is 1. The molecule has 0 aliphatic carbocycles. The summed E-state index contributed by atoms with van der Waals surface area (Å²) >= 11 is 7.72. The van der Waals surface area contributed by atoms with Crippen LogP contribution in [0.5, 0.6) is 0 Å². The number of nitrogens with zero attached hydrogens (tertiary/aromatic N) is 2. The number of anilines is 1. The van der Waals surface area contributed by atoms with Crippen LogP contribution in [0.2, 0.25) is 5.02 Å². The molecule has 0 unspecified atom stereocenters. The van der Waals surface area contributed by atoms with E-state index in [1.807, 2.05) is 29.3 Å². The minimum absolute atomic E-state index is 0.0730. The number of amides is 2. The summed E-state index contributed by atoms with van der Waals surface area (Å²) in [5.41, 5.74) is 3.34. The maximum Gasteiger partial charge on any atom is 0.255 e. The Labute approximate surface area is 184 Å². The second kappa shape index (κ2) is 8.98. The first-order valence-corrected chi connectivity index (χ1v) is 11.2. The number of thiazole rings is 1. The number of carbonyl (C=O) groups is 2. The van der Waals surface area contributed by atoms with Gasteiger partial charge in [-0.3, -0.25) is 9.59 Å². The average molecular weight is 440 g/mol. The number of aryl methyl sites for hydroxylation is 1. The third-order valence-corrected chi connectivity index (χ3v) is 6.36. The second-order valence-electron chi connectivity index (χ2n) is 7.37. The summed E-state index contributed by atoms with van der Waals surface area (Å²) < 4.78 is 0. The average Bonchev–Trinajstić information content (AvgIpc) is 3.20. The molecule has 7 heteroatoms. The highest BCUT2D eigenvalue weighted by Gasteiger charge is 2.22. The molecule has 0 spiro atoms. The minimum atomic E-state index is -0.285. The van der Waals surface area contributed by atoms with Crippen molar-refractivity contribution in [3.8, 4) is 10.6 Å². The van der Waals surface area contributed by atoms with Crippen LogP contribution < -0.4 is 5.32 Å². The fourth-order valence-electron chi connectivity index (χ4n) is 3.52. The molecule has 2 heterocycles. The van der Waals surface area contributed by atoms with Crippen LogP contribution in [-0.4, -0.2) is 34.8 Å². The van der Waals surface area contributed by atoms with Gasteiger partial charge in [0.05, 0.1) is 11.3 Å². The van der Waals surface area contributed by atoms with Crippen molar-refractivity contribution in [2.45, 2.75) is 26.2 Å². The van der Waals surface area contributed by atoms with Gasteiger partial charge in [-0.05, 0) is 56.5 Å². The normalized spacial score (nSPS) is 13.9. The molecule has 1 fully saturated rings. The van der Waals surface area contributed by atoms with Gasteiger partial charge in [-0.2, -0.15) is 0 Å². The molecule has 1 aromatic heterocycles. The molecule has 30 heavy (non-hydrogen) atoms. The number of hydrogen-bond acceptors (Lipinski definition) is 4. The SMILES string of the molecule is Cc1csc(-c2ccc(C(=O)Nc3cc(Cl)ccc3C(=O)N3CCCCC3)cc2)n1. The quantitative estimate of drug-likeness (QED) is 0.571. The Kier molecular flexibility index (Phi) is 6.16.